The van der Waals surface area contributed by atoms with Gasteiger partial charge in [0.15, 0.2) is 0 Å². The molecule has 0 saturated heterocycles. The number of aliphatic carboxylic acids is 1. The molecular formula is C17H25NO3. The second kappa shape index (κ2) is 5.82. The number of carboxylic acid groups (broad SMARTS) is 1. The van der Waals surface area contributed by atoms with Gasteiger partial charge in [-0.15, -0.1) is 0 Å². The monoisotopic (exact) mass is 291 g/mol. The van der Waals surface area contributed by atoms with Gasteiger partial charge in [-0.1, -0.05) is 18.6 Å². The molecule has 1 amide bonds. The van der Waals surface area contributed by atoms with Gasteiger partial charge in [-0.2, -0.15) is 0 Å². The van der Waals surface area contributed by atoms with Crippen LogP contribution in [0.2, 0.25) is 0 Å². The summed E-state index contributed by atoms with van der Waals surface area (Å²) in [6.07, 6.45) is 10.1. The van der Waals surface area contributed by atoms with Crippen LogP contribution in [0, 0.1) is 29.6 Å². The number of amides is 1. The van der Waals surface area contributed by atoms with Crippen molar-refractivity contribution < 1.29 is 14.7 Å². The van der Waals surface area contributed by atoms with Crippen molar-refractivity contribution in [2.75, 3.05) is 0 Å². The molecule has 0 aromatic rings. The van der Waals surface area contributed by atoms with E-state index in [9.17, 15) is 14.7 Å². The van der Waals surface area contributed by atoms with Gasteiger partial charge in [-0.3, -0.25) is 9.59 Å². The summed E-state index contributed by atoms with van der Waals surface area (Å²) in [5.74, 6) is 0.329. The van der Waals surface area contributed by atoms with Crippen LogP contribution in [0.4, 0.5) is 0 Å². The van der Waals surface area contributed by atoms with E-state index in [-0.39, 0.29) is 11.9 Å². The van der Waals surface area contributed by atoms with Gasteiger partial charge >= 0.3 is 5.97 Å². The molecule has 2 N–H and O–H groups in total. The second-order valence-corrected chi connectivity index (χ2v) is 7.13. The zero-order chi connectivity index (χ0) is 15.0. The van der Waals surface area contributed by atoms with Crippen molar-refractivity contribution in [3.63, 3.8) is 0 Å². The van der Waals surface area contributed by atoms with E-state index in [1.807, 2.05) is 12.2 Å². The fourth-order valence-electron chi connectivity index (χ4n) is 4.72. The Morgan fingerprint density at radius 1 is 1.14 bits per heavy atom. The Bertz CT molecular complexity index is 459. The molecule has 0 unspecified atom stereocenters. The Kier molecular flexibility index (Phi) is 4.05. The van der Waals surface area contributed by atoms with Crippen molar-refractivity contribution in [2.24, 2.45) is 29.6 Å². The quantitative estimate of drug-likeness (QED) is 0.782. The first-order valence-corrected chi connectivity index (χ1v) is 8.24. The van der Waals surface area contributed by atoms with E-state index in [0.29, 0.717) is 18.8 Å². The molecule has 0 heterocycles. The van der Waals surface area contributed by atoms with E-state index in [4.69, 9.17) is 0 Å². The fraction of sp³-hybridized carbons (Fsp3) is 0.765. The first-order valence-electron chi connectivity index (χ1n) is 8.24. The van der Waals surface area contributed by atoms with Crippen LogP contribution in [0.3, 0.4) is 0 Å². The molecule has 21 heavy (non-hydrogen) atoms. The molecule has 0 spiro atoms. The van der Waals surface area contributed by atoms with Crippen LogP contribution in [0.25, 0.3) is 0 Å². The normalized spacial score (nSPS) is 39.2. The van der Waals surface area contributed by atoms with Crippen LogP contribution in [0.5, 0.6) is 0 Å². The molecule has 2 bridgehead atoms. The Morgan fingerprint density at radius 2 is 1.86 bits per heavy atom. The molecule has 116 valence electrons. The molecular weight excluding hydrogens is 266 g/mol. The Morgan fingerprint density at radius 3 is 2.43 bits per heavy atom. The maximum absolute atomic E-state index is 12.5. The van der Waals surface area contributed by atoms with Crippen LogP contribution in [0.15, 0.2) is 12.2 Å². The minimum Gasteiger partial charge on any atom is -0.481 e. The minimum atomic E-state index is -0.855. The maximum atomic E-state index is 12.5. The summed E-state index contributed by atoms with van der Waals surface area (Å²) < 4.78 is 0. The van der Waals surface area contributed by atoms with E-state index < -0.39 is 17.8 Å². The van der Waals surface area contributed by atoms with Crippen molar-refractivity contribution >= 4 is 11.9 Å². The number of nitrogens with one attached hydrogen (secondary N) is 1. The topological polar surface area (TPSA) is 66.4 Å². The summed E-state index contributed by atoms with van der Waals surface area (Å²) in [6.45, 7) is 2.09. The number of carbonyl (C=O) groups excluding carboxylic acids is 1. The number of hydrogen-bond donors (Lipinski definition) is 2. The lowest BCUT2D eigenvalue weighted by molar-refractivity contribution is -0.147. The molecule has 3 aliphatic rings. The van der Waals surface area contributed by atoms with Gasteiger partial charge in [0.2, 0.25) is 5.91 Å². The van der Waals surface area contributed by atoms with E-state index in [2.05, 4.69) is 12.2 Å². The fourth-order valence-corrected chi connectivity index (χ4v) is 4.72. The molecule has 6 atom stereocenters. The number of hydrogen-bond acceptors (Lipinski definition) is 2. The predicted molar refractivity (Wildman–Crippen MR) is 79.5 cm³/mol. The molecule has 4 nitrogen and oxygen atoms in total. The number of carboxylic acids is 1. The van der Waals surface area contributed by atoms with E-state index >= 15 is 0 Å². The Labute approximate surface area is 126 Å². The van der Waals surface area contributed by atoms with E-state index in [0.717, 1.165) is 11.8 Å². The molecule has 0 aliphatic heterocycles. The lowest BCUT2D eigenvalue weighted by atomic mass is 9.81. The maximum Gasteiger partial charge on any atom is 0.307 e. The van der Waals surface area contributed by atoms with Crippen molar-refractivity contribution in [1.29, 1.82) is 0 Å². The largest absolute Gasteiger partial charge is 0.481 e. The standard InChI is InChI=1S/C17H25NO3/c1-10(15-9-11-6-7-12(15)8-11)18-16(19)13-4-2-3-5-14(13)17(20)21/h2-3,10-15H,4-9H2,1H3,(H,18,19)(H,20,21)/t10-,11+,12+,13+,14-,15-/m0/s1. The van der Waals surface area contributed by atoms with Crippen LogP contribution in [-0.4, -0.2) is 23.0 Å². The molecule has 4 heteroatoms. The molecule has 3 aliphatic carbocycles. The average Bonchev–Trinajstić information content (AvgIpc) is 3.09. The molecule has 3 rings (SSSR count). The van der Waals surface area contributed by atoms with E-state index in [1.54, 1.807) is 0 Å². The molecule has 0 radical (unpaired) electrons. The van der Waals surface area contributed by atoms with Crippen LogP contribution in [0.1, 0.15) is 45.4 Å². The highest BCUT2D eigenvalue weighted by Gasteiger charge is 2.43. The Balaban J connectivity index is 1.60. The zero-order valence-corrected chi connectivity index (χ0v) is 12.6. The third-order valence-corrected chi connectivity index (χ3v) is 5.89. The number of fused-ring (bicyclic) bond motifs is 2. The SMILES string of the molecule is C[C@H](NC(=O)[C@@H]1CC=CC[C@@H]1C(=O)O)[C@@H]1C[C@@H]2CC[C@@H]1C2. The summed E-state index contributed by atoms with van der Waals surface area (Å²) in [5, 5.41) is 12.4. The highest BCUT2D eigenvalue weighted by atomic mass is 16.4. The smallest absolute Gasteiger partial charge is 0.307 e. The highest BCUT2D eigenvalue weighted by molar-refractivity contribution is 5.85. The van der Waals surface area contributed by atoms with Gasteiger partial charge in [-0.05, 0) is 56.8 Å². The number of allylic oxidation sites excluding steroid dienone is 2. The van der Waals surface area contributed by atoms with Crippen LogP contribution >= 0.6 is 0 Å². The van der Waals surface area contributed by atoms with Crippen molar-refractivity contribution in [1.82, 2.24) is 5.32 Å². The van der Waals surface area contributed by atoms with E-state index in [1.165, 1.54) is 25.7 Å². The second-order valence-electron chi connectivity index (χ2n) is 7.13. The lowest BCUT2D eigenvalue weighted by Crippen LogP contribution is -2.46. The van der Waals surface area contributed by atoms with Gasteiger partial charge in [0.25, 0.3) is 0 Å². The van der Waals surface area contributed by atoms with Gasteiger partial charge in [0, 0.05) is 6.04 Å². The van der Waals surface area contributed by atoms with Crippen molar-refractivity contribution in [3.8, 4) is 0 Å². The summed E-state index contributed by atoms with van der Waals surface area (Å²) in [5.41, 5.74) is 0. The van der Waals surface area contributed by atoms with Gasteiger partial charge < -0.3 is 10.4 Å². The number of carbonyl (C=O) groups is 2. The van der Waals surface area contributed by atoms with Crippen molar-refractivity contribution in [2.45, 2.75) is 51.5 Å². The van der Waals surface area contributed by atoms with Gasteiger partial charge in [0.1, 0.15) is 0 Å². The molecule has 2 fully saturated rings. The predicted octanol–water partition coefficient (Wildman–Crippen LogP) is 2.59. The summed E-state index contributed by atoms with van der Waals surface area (Å²) in [6, 6.07) is 0.174. The zero-order valence-electron chi connectivity index (χ0n) is 12.6. The first kappa shape index (κ1) is 14.6. The molecule has 0 aromatic heterocycles. The van der Waals surface area contributed by atoms with Crippen LogP contribution < -0.4 is 5.32 Å². The third-order valence-electron chi connectivity index (χ3n) is 5.89. The van der Waals surface area contributed by atoms with Gasteiger partial charge in [-0.25, -0.2) is 0 Å². The summed E-state index contributed by atoms with van der Waals surface area (Å²) >= 11 is 0. The Hall–Kier alpha value is -1.32. The molecule has 2 saturated carbocycles. The summed E-state index contributed by atoms with van der Waals surface area (Å²) in [7, 11) is 0. The minimum absolute atomic E-state index is 0.0676. The lowest BCUT2D eigenvalue weighted by Gasteiger charge is -2.31. The molecule has 0 aromatic carbocycles. The van der Waals surface area contributed by atoms with Crippen LogP contribution in [-0.2, 0) is 9.59 Å². The first-order chi connectivity index (χ1) is 10.1. The average molecular weight is 291 g/mol. The third kappa shape index (κ3) is 2.85. The van der Waals surface area contributed by atoms with Gasteiger partial charge in [0.05, 0.1) is 11.8 Å². The highest BCUT2D eigenvalue weighted by Crippen LogP contribution is 2.49. The number of rotatable bonds is 4. The summed E-state index contributed by atoms with van der Waals surface area (Å²) in [4.78, 5) is 23.8. The van der Waals surface area contributed by atoms with Crippen molar-refractivity contribution in [3.05, 3.63) is 12.2 Å².